The molecule has 1 saturated heterocycles. The van der Waals surface area contributed by atoms with Gasteiger partial charge in [0.05, 0.1) is 41.1 Å². The summed E-state index contributed by atoms with van der Waals surface area (Å²) in [6.45, 7) is 9.21. The van der Waals surface area contributed by atoms with E-state index in [9.17, 15) is 29.1 Å². The fourth-order valence-corrected chi connectivity index (χ4v) is 10.6. The molecule has 0 spiro atoms. The number of ether oxygens (including phenoxy) is 7. The number of thioether (sulfide) groups is 1. The Morgan fingerprint density at radius 2 is 1.57 bits per heavy atom. The van der Waals surface area contributed by atoms with Crippen molar-refractivity contribution in [2.45, 2.75) is 109 Å². The minimum atomic E-state index is -2.18. The van der Waals surface area contributed by atoms with E-state index < -0.39 is 94.2 Å². The highest BCUT2D eigenvalue weighted by Gasteiger charge is 2.78. The molecule has 15 heteroatoms. The minimum Gasteiger partial charge on any atom is -0.455 e. The van der Waals surface area contributed by atoms with Crippen molar-refractivity contribution in [3.05, 3.63) is 82.9 Å². The molecule has 1 N–H and O–H groups in total. The van der Waals surface area contributed by atoms with Crippen LogP contribution in [0.5, 0.6) is 0 Å². The molecular formula is C45H54O14S. The Bertz CT molecular complexity index is 2020. The van der Waals surface area contributed by atoms with Crippen molar-refractivity contribution in [2.24, 2.45) is 16.7 Å². The van der Waals surface area contributed by atoms with E-state index in [-0.39, 0.29) is 48.7 Å². The second kappa shape index (κ2) is 17.5. The van der Waals surface area contributed by atoms with Crippen LogP contribution < -0.4 is 0 Å². The Labute approximate surface area is 353 Å². The number of benzene rings is 2. The first-order valence-electron chi connectivity index (χ1n) is 20.0. The lowest BCUT2D eigenvalue weighted by molar-refractivity contribution is -0.347. The summed E-state index contributed by atoms with van der Waals surface area (Å²) in [5.74, 6) is -5.19. The maximum atomic E-state index is 15.6. The highest BCUT2D eigenvalue weighted by Crippen LogP contribution is 2.64. The van der Waals surface area contributed by atoms with Crippen LogP contribution in [0.15, 0.2) is 71.8 Å². The summed E-state index contributed by atoms with van der Waals surface area (Å²) in [6, 6.07) is 17.0. The number of fused-ring (bicyclic) bond motifs is 5. The van der Waals surface area contributed by atoms with Gasteiger partial charge in [-0.25, -0.2) is 9.59 Å². The van der Waals surface area contributed by atoms with Crippen molar-refractivity contribution in [3.8, 4) is 0 Å². The normalized spacial score (nSPS) is 32.1. The molecule has 2 aromatic rings. The van der Waals surface area contributed by atoms with Crippen molar-refractivity contribution < 1.29 is 67.0 Å². The van der Waals surface area contributed by atoms with Crippen LogP contribution in [0.25, 0.3) is 0 Å². The number of rotatable bonds is 14. The van der Waals surface area contributed by atoms with Gasteiger partial charge >= 0.3 is 23.9 Å². The summed E-state index contributed by atoms with van der Waals surface area (Å²) in [5.41, 5.74) is -5.32. The lowest BCUT2D eigenvalue weighted by Gasteiger charge is -2.67. The minimum absolute atomic E-state index is 0.0531. The molecule has 0 amide bonds. The third-order valence-corrected chi connectivity index (χ3v) is 14.0. The topological polar surface area (TPSA) is 187 Å². The number of ketones is 2. The number of hydrogen-bond acceptors (Lipinski definition) is 15. The Balaban J connectivity index is 1.51. The number of aliphatic hydroxyl groups is 1. The van der Waals surface area contributed by atoms with Gasteiger partial charge in [-0.15, -0.1) is 11.8 Å². The summed E-state index contributed by atoms with van der Waals surface area (Å²) < 4.78 is 42.8. The molecule has 6 rings (SSSR count). The average molecular weight is 851 g/mol. The van der Waals surface area contributed by atoms with Crippen LogP contribution in [0, 0.1) is 16.7 Å². The highest BCUT2D eigenvalue weighted by atomic mass is 32.2. The second-order valence-corrected chi connectivity index (χ2v) is 17.9. The van der Waals surface area contributed by atoms with Crippen molar-refractivity contribution in [1.82, 2.24) is 0 Å². The van der Waals surface area contributed by atoms with Gasteiger partial charge < -0.3 is 38.3 Å². The smallest absolute Gasteiger partial charge is 0.348 e. The Kier molecular flexibility index (Phi) is 13.2. The van der Waals surface area contributed by atoms with E-state index in [0.717, 1.165) is 11.8 Å². The zero-order valence-electron chi connectivity index (χ0n) is 35.2. The molecule has 2 saturated carbocycles. The zero-order valence-corrected chi connectivity index (χ0v) is 36.0. The van der Waals surface area contributed by atoms with Gasteiger partial charge in [0.2, 0.25) is 6.10 Å². The van der Waals surface area contributed by atoms with E-state index in [1.165, 1.54) is 28.1 Å². The van der Waals surface area contributed by atoms with Gasteiger partial charge in [0.1, 0.15) is 35.8 Å². The monoisotopic (exact) mass is 850 g/mol. The van der Waals surface area contributed by atoms with Gasteiger partial charge in [-0.2, -0.15) is 0 Å². The lowest BCUT2D eigenvalue weighted by Crippen LogP contribution is -2.82. The molecule has 1 heterocycles. The number of carbonyl (C=O) groups is 6. The summed E-state index contributed by atoms with van der Waals surface area (Å²) in [4.78, 5) is 81.9. The summed E-state index contributed by atoms with van der Waals surface area (Å²) >= 11 is 1.05. The van der Waals surface area contributed by atoms with Gasteiger partial charge in [-0.05, 0) is 49.6 Å². The number of Topliss-reactive ketones (excluding diaryl/α,β-unsaturated/α-hetero) is 2. The van der Waals surface area contributed by atoms with Gasteiger partial charge in [-0.1, -0.05) is 62.4 Å². The zero-order chi connectivity index (χ0) is 43.8. The lowest BCUT2D eigenvalue weighted by atomic mass is 9.44. The van der Waals surface area contributed by atoms with Crippen LogP contribution in [0.4, 0.5) is 0 Å². The second-order valence-electron chi connectivity index (χ2n) is 16.9. The first-order chi connectivity index (χ1) is 28.3. The quantitative estimate of drug-likeness (QED) is 0.160. The van der Waals surface area contributed by atoms with Crippen molar-refractivity contribution >= 4 is 47.2 Å². The van der Waals surface area contributed by atoms with Crippen LogP contribution in [0.3, 0.4) is 0 Å². The summed E-state index contributed by atoms with van der Waals surface area (Å²) in [6.07, 6.45) is -7.69. The standard InChI is InChI=1S/C45H54O14S/c1-25(46)22-60-23-34(48)56-30(19-28-15-11-9-12-16-28)41(51)57-31-21-45(52)39(58-40(50)29-17-13-10-14-18-29)37-43(6,38(49)36(54-8)35(26(31)2)42(45,4)5)32(53-7)20-33-44(37,24-55-33)59-27(3)47/h9-18,30-33,36-37,39,52H,19-24H2,1-8H3/t30-,31+,32+,33?,36-,37?,39+,43-,44+,45-/m1/s1. The van der Waals surface area contributed by atoms with E-state index >= 15 is 4.79 Å². The third kappa shape index (κ3) is 7.94. The molecule has 1 aliphatic heterocycles. The fourth-order valence-electron chi connectivity index (χ4n) is 9.97. The average Bonchev–Trinajstić information content (AvgIpc) is 3.19. The van der Waals surface area contributed by atoms with Gasteiger partial charge in [0, 0.05) is 45.8 Å². The van der Waals surface area contributed by atoms with Crippen LogP contribution in [0.2, 0.25) is 0 Å². The van der Waals surface area contributed by atoms with Crippen LogP contribution in [-0.2, 0) is 63.6 Å². The SMILES string of the molecule is CO[C@H]1C(=O)[C@@]2(C)C([C@H](OC(=O)c3ccccc3)[C@]3(O)C[C@H](OC(=O)[C@@H](Cc4ccccc4)OC(=O)CSCC(C)=O)C(C)=C1C3(C)C)[C@]1(OC(C)=O)COC1C[C@@H]2OC. The molecule has 0 radical (unpaired) electrons. The predicted octanol–water partition coefficient (Wildman–Crippen LogP) is 4.42. The van der Waals surface area contributed by atoms with Crippen LogP contribution >= 0.6 is 11.8 Å². The van der Waals surface area contributed by atoms with E-state index in [1.54, 1.807) is 88.4 Å². The largest absolute Gasteiger partial charge is 0.455 e. The molecule has 14 nitrogen and oxygen atoms in total. The predicted molar refractivity (Wildman–Crippen MR) is 217 cm³/mol. The van der Waals surface area contributed by atoms with Crippen molar-refractivity contribution in [3.63, 3.8) is 0 Å². The fraction of sp³-hybridized carbons (Fsp3) is 0.556. The van der Waals surface area contributed by atoms with E-state index in [4.69, 9.17) is 33.2 Å². The third-order valence-electron chi connectivity index (χ3n) is 13.0. The maximum Gasteiger partial charge on any atom is 0.348 e. The van der Waals surface area contributed by atoms with E-state index in [0.29, 0.717) is 16.7 Å². The molecule has 4 aliphatic rings. The molecule has 0 aromatic heterocycles. The first kappa shape index (κ1) is 45.1. The molecule has 2 bridgehead atoms. The Morgan fingerprint density at radius 1 is 0.917 bits per heavy atom. The first-order valence-corrected chi connectivity index (χ1v) is 21.1. The molecule has 324 valence electrons. The Hall–Kier alpha value is -4.41. The van der Waals surface area contributed by atoms with Crippen molar-refractivity contribution in [1.29, 1.82) is 0 Å². The summed E-state index contributed by atoms with van der Waals surface area (Å²) in [7, 11) is 2.81. The maximum absolute atomic E-state index is 15.6. The molecule has 60 heavy (non-hydrogen) atoms. The number of hydrogen-bond donors (Lipinski definition) is 1. The van der Waals surface area contributed by atoms with Gasteiger partial charge in [0.15, 0.2) is 11.4 Å². The Morgan fingerprint density at radius 3 is 2.13 bits per heavy atom. The van der Waals surface area contributed by atoms with Crippen molar-refractivity contribution in [2.75, 3.05) is 32.3 Å². The molecule has 2 unspecified atom stereocenters. The summed E-state index contributed by atoms with van der Waals surface area (Å²) in [5, 5.41) is 13.7. The van der Waals surface area contributed by atoms with Gasteiger partial charge in [-0.3, -0.25) is 19.2 Å². The van der Waals surface area contributed by atoms with E-state index in [2.05, 4.69) is 0 Å². The molecule has 10 atom stereocenters. The number of carbonyl (C=O) groups excluding carboxylic acids is 6. The molecule has 3 fully saturated rings. The van der Waals surface area contributed by atoms with Gasteiger partial charge in [0.25, 0.3) is 0 Å². The van der Waals surface area contributed by atoms with Crippen LogP contribution in [0.1, 0.15) is 70.3 Å². The van der Waals surface area contributed by atoms with E-state index in [1.807, 2.05) is 0 Å². The van der Waals surface area contributed by atoms with Crippen LogP contribution in [-0.4, -0.2) is 121 Å². The number of esters is 4. The highest BCUT2D eigenvalue weighted by molar-refractivity contribution is 8.00. The molecule has 3 aliphatic carbocycles. The number of methoxy groups -OCH3 is 2. The molecule has 2 aromatic carbocycles. The molecular weight excluding hydrogens is 797 g/mol.